The Morgan fingerprint density at radius 1 is 1.29 bits per heavy atom. The van der Waals surface area contributed by atoms with E-state index in [2.05, 4.69) is 0 Å². The second-order valence-electron chi connectivity index (χ2n) is 2.78. The summed E-state index contributed by atoms with van der Waals surface area (Å²) < 4.78 is 15.1. The van der Waals surface area contributed by atoms with E-state index in [1.54, 1.807) is 7.11 Å². The minimum atomic E-state index is -0.499. The summed E-state index contributed by atoms with van der Waals surface area (Å²) in [6.45, 7) is 3.78. The van der Waals surface area contributed by atoms with Gasteiger partial charge in [-0.05, 0) is 6.42 Å². The highest BCUT2D eigenvalue weighted by Crippen LogP contribution is 1.96. The zero-order valence-corrected chi connectivity index (χ0v) is 8.82. The smallest absolute Gasteiger partial charge is 0.246 e. The number of ether oxygens (including phenoxy) is 3. The number of methoxy groups -OCH3 is 1. The van der Waals surface area contributed by atoms with Gasteiger partial charge in [0.2, 0.25) is 5.91 Å². The molecular weight excluding hydrogens is 186 g/mol. The van der Waals surface area contributed by atoms with Gasteiger partial charge < -0.3 is 19.9 Å². The zero-order chi connectivity index (χ0) is 10.8. The van der Waals surface area contributed by atoms with E-state index in [0.717, 1.165) is 0 Å². The molecule has 0 spiro atoms. The van der Waals surface area contributed by atoms with Crippen molar-refractivity contribution in [3.05, 3.63) is 0 Å². The fourth-order valence-electron chi connectivity index (χ4n) is 0.895. The van der Waals surface area contributed by atoms with E-state index in [-0.39, 0.29) is 0 Å². The molecule has 0 fully saturated rings. The molecular formula is C9H19NO4. The first-order valence-corrected chi connectivity index (χ1v) is 4.70. The molecule has 84 valence electrons. The summed E-state index contributed by atoms with van der Waals surface area (Å²) in [7, 11) is 1.61. The van der Waals surface area contributed by atoms with Gasteiger partial charge in [0.05, 0.1) is 26.4 Å². The maximum absolute atomic E-state index is 10.7. The van der Waals surface area contributed by atoms with Gasteiger partial charge in [-0.15, -0.1) is 0 Å². The predicted molar refractivity (Wildman–Crippen MR) is 51.9 cm³/mol. The van der Waals surface area contributed by atoms with Crippen molar-refractivity contribution in [2.45, 2.75) is 19.4 Å². The van der Waals surface area contributed by atoms with Crippen LogP contribution < -0.4 is 5.73 Å². The highest BCUT2D eigenvalue weighted by Gasteiger charge is 2.11. The largest absolute Gasteiger partial charge is 0.382 e. The Kier molecular flexibility index (Phi) is 8.51. The number of nitrogens with two attached hydrogens (primary N) is 1. The second kappa shape index (κ2) is 8.93. The molecule has 1 atom stereocenters. The molecule has 0 radical (unpaired) electrons. The lowest BCUT2D eigenvalue weighted by molar-refractivity contribution is -0.130. The van der Waals surface area contributed by atoms with Crippen molar-refractivity contribution in [1.82, 2.24) is 0 Å². The normalized spacial score (nSPS) is 12.7. The molecule has 5 nitrogen and oxygen atoms in total. The molecule has 0 saturated heterocycles. The number of hydrogen-bond acceptors (Lipinski definition) is 4. The van der Waals surface area contributed by atoms with Gasteiger partial charge in [0.25, 0.3) is 0 Å². The fourth-order valence-corrected chi connectivity index (χ4v) is 0.895. The van der Waals surface area contributed by atoms with Crippen LogP contribution in [0.3, 0.4) is 0 Å². The number of hydrogen-bond donors (Lipinski definition) is 1. The molecule has 2 N–H and O–H groups in total. The Bertz CT molecular complexity index is 152. The van der Waals surface area contributed by atoms with Crippen LogP contribution >= 0.6 is 0 Å². The first-order chi connectivity index (χ1) is 6.72. The van der Waals surface area contributed by atoms with Crippen molar-refractivity contribution in [3.8, 4) is 0 Å². The van der Waals surface area contributed by atoms with Crippen LogP contribution in [-0.4, -0.2) is 45.5 Å². The quantitative estimate of drug-likeness (QED) is 0.535. The molecule has 0 aromatic carbocycles. The van der Waals surface area contributed by atoms with Crippen molar-refractivity contribution in [1.29, 1.82) is 0 Å². The molecule has 1 unspecified atom stereocenters. The van der Waals surface area contributed by atoms with E-state index >= 15 is 0 Å². The van der Waals surface area contributed by atoms with E-state index < -0.39 is 12.0 Å². The van der Waals surface area contributed by atoms with Gasteiger partial charge >= 0.3 is 0 Å². The molecule has 0 aromatic rings. The van der Waals surface area contributed by atoms with Crippen LogP contribution in [0.1, 0.15) is 13.3 Å². The fraction of sp³-hybridized carbons (Fsp3) is 0.889. The van der Waals surface area contributed by atoms with Crippen LogP contribution in [0.5, 0.6) is 0 Å². The molecule has 0 aliphatic heterocycles. The molecule has 0 heterocycles. The molecule has 0 aliphatic rings. The molecule has 0 saturated carbocycles. The van der Waals surface area contributed by atoms with Gasteiger partial charge in [-0.3, -0.25) is 4.79 Å². The summed E-state index contributed by atoms with van der Waals surface area (Å²) in [5.41, 5.74) is 5.08. The molecule has 1 amide bonds. The number of carbonyl (C=O) groups excluding carboxylic acids is 1. The Morgan fingerprint density at radius 2 is 1.93 bits per heavy atom. The number of amides is 1. The van der Waals surface area contributed by atoms with Gasteiger partial charge in [-0.25, -0.2) is 0 Å². The topological polar surface area (TPSA) is 70.8 Å². The van der Waals surface area contributed by atoms with E-state index in [1.807, 2.05) is 6.92 Å². The van der Waals surface area contributed by atoms with Crippen molar-refractivity contribution in [3.63, 3.8) is 0 Å². The summed E-state index contributed by atoms with van der Waals surface area (Å²) in [5.74, 6) is -0.426. The van der Waals surface area contributed by atoms with Crippen LogP contribution in [0.25, 0.3) is 0 Å². The molecule has 0 bridgehead atoms. The average Bonchev–Trinajstić information content (AvgIpc) is 2.16. The van der Waals surface area contributed by atoms with Crippen LogP contribution in [0.15, 0.2) is 0 Å². The SMILES string of the molecule is CCC(OCCOCCOC)C(N)=O. The summed E-state index contributed by atoms with van der Waals surface area (Å²) >= 11 is 0. The molecule has 14 heavy (non-hydrogen) atoms. The minimum absolute atomic E-state index is 0.380. The maximum atomic E-state index is 10.7. The number of rotatable bonds is 9. The highest BCUT2D eigenvalue weighted by atomic mass is 16.5. The lowest BCUT2D eigenvalue weighted by atomic mass is 10.3. The highest BCUT2D eigenvalue weighted by molar-refractivity contribution is 5.78. The van der Waals surface area contributed by atoms with Crippen molar-refractivity contribution in [2.75, 3.05) is 33.5 Å². The summed E-state index contributed by atoms with van der Waals surface area (Å²) in [6.07, 6.45) is 0.0916. The van der Waals surface area contributed by atoms with Gasteiger partial charge in [0.1, 0.15) is 6.10 Å². The van der Waals surface area contributed by atoms with Crippen molar-refractivity contribution < 1.29 is 19.0 Å². The first kappa shape index (κ1) is 13.4. The van der Waals surface area contributed by atoms with E-state index in [9.17, 15) is 4.79 Å². The lowest BCUT2D eigenvalue weighted by Gasteiger charge is -2.12. The second-order valence-corrected chi connectivity index (χ2v) is 2.78. The Morgan fingerprint density at radius 3 is 2.43 bits per heavy atom. The summed E-state index contributed by atoms with van der Waals surface area (Å²) in [4.78, 5) is 10.7. The Hall–Kier alpha value is -0.650. The van der Waals surface area contributed by atoms with Crippen LogP contribution in [-0.2, 0) is 19.0 Å². The molecule has 5 heteroatoms. The Balaban J connectivity index is 3.29. The average molecular weight is 205 g/mol. The number of carbonyl (C=O) groups is 1. The molecule has 0 aromatic heterocycles. The lowest BCUT2D eigenvalue weighted by Crippen LogP contribution is -2.31. The third kappa shape index (κ3) is 6.82. The first-order valence-electron chi connectivity index (χ1n) is 4.70. The summed E-state index contributed by atoms with van der Waals surface area (Å²) in [5, 5.41) is 0. The summed E-state index contributed by atoms with van der Waals surface area (Å²) in [6, 6.07) is 0. The van der Waals surface area contributed by atoms with Crippen molar-refractivity contribution >= 4 is 5.91 Å². The third-order valence-electron chi connectivity index (χ3n) is 1.67. The van der Waals surface area contributed by atoms with Gasteiger partial charge in [-0.2, -0.15) is 0 Å². The van der Waals surface area contributed by atoms with E-state index in [4.69, 9.17) is 19.9 Å². The van der Waals surface area contributed by atoms with E-state index in [1.165, 1.54) is 0 Å². The minimum Gasteiger partial charge on any atom is -0.382 e. The maximum Gasteiger partial charge on any atom is 0.246 e. The Labute approximate surface area is 84.5 Å². The van der Waals surface area contributed by atoms with Crippen LogP contribution in [0.4, 0.5) is 0 Å². The third-order valence-corrected chi connectivity index (χ3v) is 1.67. The van der Waals surface area contributed by atoms with Crippen LogP contribution in [0.2, 0.25) is 0 Å². The van der Waals surface area contributed by atoms with Crippen LogP contribution in [0, 0.1) is 0 Å². The van der Waals surface area contributed by atoms with Gasteiger partial charge in [0, 0.05) is 7.11 Å². The molecule has 0 rings (SSSR count). The standard InChI is InChI=1S/C9H19NO4/c1-3-8(9(10)11)14-7-6-13-5-4-12-2/h8H,3-7H2,1-2H3,(H2,10,11). The number of primary amides is 1. The predicted octanol–water partition coefficient (Wildman–Crippen LogP) is -0.0701. The van der Waals surface area contributed by atoms with E-state index in [0.29, 0.717) is 32.8 Å². The zero-order valence-electron chi connectivity index (χ0n) is 8.82. The monoisotopic (exact) mass is 205 g/mol. The van der Waals surface area contributed by atoms with Gasteiger partial charge in [-0.1, -0.05) is 6.92 Å². The van der Waals surface area contributed by atoms with Gasteiger partial charge in [0.15, 0.2) is 0 Å². The molecule has 0 aliphatic carbocycles. The van der Waals surface area contributed by atoms with Crippen molar-refractivity contribution in [2.24, 2.45) is 5.73 Å².